The molecule has 1 amide bonds. The molecular formula is C49H70N6O11. The normalized spacial score (nSPS) is 37.2. The predicted octanol–water partition coefficient (Wildman–Crippen LogP) is 4.75. The quantitative estimate of drug-likeness (QED) is 0.0982. The number of aliphatic hydroxyl groups is 1. The highest BCUT2D eigenvalue weighted by Gasteiger charge is 2.78. The van der Waals surface area contributed by atoms with Gasteiger partial charge in [0.05, 0.1) is 53.2 Å². The molecule has 4 heterocycles. The Morgan fingerprint density at radius 2 is 1.70 bits per heavy atom. The van der Waals surface area contributed by atoms with E-state index in [2.05, 4.69) is 11.0 Å². The monoisotopic (exact) mass is 919 g/mol. The van der Waals surface area contributed by atoms with Crippen molar-refractivity contribution in [2.75, 3.05) is 40.0 Å². The number of ketones is 1. The van der Waals surface area contributed by atoms with Gasteiger partial charge in [0.2, 0.25) is 0 Å². The van der Waals surface area contributed by atoms with Crippen LogP contribution in [0, 0.1) is 29.6 Å². The molecule has 1 saturated carbocycles. The summed E-state index contributed by atoms with van der Waals surface area (Å²) in [5.41, 5.74) is 12.6. The number of ether oxygens (including phenoxy) is 6. The number of esters is 2. The fourth-order valence-corrected chi connectivity index (χ4v) is 10.8. The molecule has 2 aromatic carbocycles. The molecule has 3 saturated heterocycles. The Labute approximate surface area is 388 Å². The van der Waals surface area contributed by atoms with Crippen LogP contribution in [0.25, 0.3) is 5.70 Å². The molecule has 2 aromatic rings. The lowest BCUT2D eigenvalue weighted by Crippen LogP contribution is -2.60. The summed E-state index contributed by atoms with van der Waals surface area (Å²) in [6.07, 6.45) is -2.18. The standard InChI is InChI=1S/C49H70N6O11/c1-27-25-48(7,61-10)42(65-46-40(37(53(8)9)23-28(2)62-46)63-45(59)33-17-12-11-13-18-33)30(4)39(57)31(5)44(58)64-43-32(6)49(43)41(29(3)38(27)56)55(47(60)66-49)22-15-14-21-54-26-36(51-52-54)34-19-16-20-35(50)24-34/h11-13,16-20,24,26-32,37,39-43,46,51-52,57H,14-15,21-23,25,50H2,1-10H3/t27-,28-,29+,30+,31-,32?,37+,39+,40-,41?,42-,43?,46?,48+,49+/m1/s1. The maximum absolute atomic E-state index is 14.9. The number of Topliss-reactive ketones (excluding diaryl/α,β-unsaturated/α-hetero) is 1. The van der Waals surface area contributed by atoms with Gasteiger partial charge in [0.15, 0.2) is 24.1 Å². The van der Waals surface area contributed by atoms with E-state index in [9.17, 15) is 24.3 Å². The maximum atomic E-state index is 14.9. The molecule has 4 aliphatic heterocycles. The summed E-state index contributed by atoms with van der Waals surface area (Å²) in [6.45, 7) is 13.5. The molecular weight excluding hydrogens is 849 g/mol. The number of rotatable bonds is 12. The Kier molecular flexibility index (Phi) is 14.8. The second-order valence-corrected chi connectivity index (χ2v) is 19.6. The fourth-order valence-electron chi connectivity index (χ4n) is 10.8. The number of methoxy groups -OCH3 is 1. The lowest BCUT2D eigenvalue weighted by Gasteiger charge is -2.48. The van der Waals surface area contributed by atoms with E-state index in [1.165, 1.54) is 7.11 Å². The molecule has 0 radical (unpaired) electrons. The molecule has 4 unspecified atom stereocenters. The Morgan fingerprint density at radius 1 is 0.985 bits per heavy atom. The number of anilines is 1. The number of likely N-dealkylation sites (N-methyl/N-ethyl adjacent to an activating group) is 1. The number of hydrogen-bond acceptors (Lipinski definition) is 16. The van der Waals surface area contributed by atoms with Crippen molar-refractivity contribution in [2.45, 2.75) is 134 Å². The van der Waals surface area contributed by atoms with E-state index in [4.69, 9.17) is 34.2 Å². The molecule has 17 nitrogen and oxygen atoms in total. The highest BCUT2D eigenvalue weighted by Crippen LogP contribution is 2.59. The number of unbranched alkanes of at least 4 members (excludes halogenated alkanes) is 1. The zero-order valence-electron chi connectivity index (χ0n) is 40.0. The number of amides is 1. The predicted molar refractivity (Wildman–Crippen MR) is 244 cm³/mol. The van der Waals surface area contributed by atoms with E-state index in [1.54, 1.807) is 43.0 Å². The van der Waals surface area contributed by atoms with Crippen LogP contribution in [0.4, 0.5) is 10.5 Å². The first kappa shape index (κ1) is 49.1. The van der Waals surface area contributed by atoms with Crippen molar-refractivity contribution in [1.29, 1.82) is 0 Å². The number of aliphatic hydroxyl groups excluding tert-OH is 1. The van der Waals surface area contributed by atoms with Crippen LogP contribution in [-0.2, 0) is 38.0 Å². The molecule has 0 bridgehead atoms. The van der Waals surface area contributed by atoms with Gasteiger partial charge in [-0.3, -0.25) is 14.6 Å². The van der Waals surface area contributed by atoms with Gasteiger partial charge in [-0.2, -0.15) is 0 Å². The minimum atomic E-state index is -1.33. The van der Waals surface area contributed by atoms with Crippen LogP contribution < -0.4 is 16.7 Å². The van der Waals surface area contributed by atoms with Crippen molar-refractivity contribution >= 4 is 35.2 Å². The Bertz CT molecular complexity index is 2110. The molecule has 7 rings (SSSR count). The van der Waals surface area contributed by atoms with E-state index >= 15 is 0 Å². The molecule has 5 N–H and O–H groups in total. The second kappa shape index (κ2) is 19.8. The van der Waals surface area contributed by atoms with Crippen molar-refractivity contribution in [1.82, 2.24) is 25.8 Å². The Morgan fingerprint density at radius 3 is 2.38 bits per heavy atom. The van der Waals surface area contributed by atoms with Gasteiger partial charge in [-0.1, -0.05) is 58.0 Å². The summed E-state index contributed by atoms with van der Waals surface area (Å²) in [7, 11) is 5.32. The van der Waals surface area contributed by atoms with Crippen LogP contribution in [0.5, 0.6) is 0 Å². The van der Waals surface area contributed by atoms with Gasteiger partial charge in [0, 0.05) is 61.3 Å². The first-order chi connectivity index (χ1) is 31.3. The third kappa shape index (κ3) is 9.65. The van der Waals surface area contributed by atoms with Crippen LogP contribution >= 0.6 is 0 Å². The zero-order chi connectivity index (χ0) is 47.8. The number of carbonyl (C=O) groups is 4. The summed E-state index contributed by atoms with van der Waals surface area (Å²) >= 11 is 0. The smallest absolute Gasteiger partial charge is 0.410 e. The minimum absolute atomic E-state index is 0.135. The molecule has 66 heavy (non-hydrogen) atoms. The molecule has 0 aromatic heterocycles. The number of carbonyl (C=O) groups excluding carboxylic acids is 4. The molecule has 4 fully saturated rings. The van der Waals surface area contributed by atoms with E-state index in [1.807, 2.05) is 95.2 Å². The number of hydrazine groups is 2. The van der Waals surface area contributed by atoms with Gasteiger partial charge in [-0.25, -0.2) is 9.59 Å². The van der Waals surface area contributed by atoms with E-state index in [0.717, 1.165) is 11.3 Å². The van der Waals surface area contributed by atoms with Crippen LogP contribution in [0.15, 0.2) is 60.8 Å². The molecule has 1 aliphatic carbocycles. The zero-order valence-corrected chi connectivity index (χ0v) is 40.0. The first-order valence-corrected chi connectivity index (χ1v) is 23.4. The summed E-state index contributed by atoms with van der Waals surface area (Å²) in [5.74, 6) is -5.03. The maximum Gasteiger partial charge on any atom is 0.410 e. The second-order valence-electron chi connectivity index (χ2n) is 19.6. The van der Waals surface area contributed by atoms with Crippen molar-refractivity contribution < 1.29 is 52.7 Å². The average molecular weight is 919 g/mol. The van der Waals surface area contributed by atoms with Crippen molar-refractivity contribution in [2.24, 2.45) is 29.6 Å². The van der Waals surface area contributed by atoms with Crippen LogP contribution in [0.1, 0.15) is 90.1 Å². The van der Waals surface area contributed by atoms with Crippen LogP contribution in [0.2, 0.25) is 0 Å². The van der Waals surface area contributed by atoms with Gasteiger partial charge >= 0.3 is 18.0 Å². The molecule has 15 atom stereocenters. The average Bonchev–Trinajstić information content (AvgIpc) is 3.57. The van der Waals surface area contributed by atoms with Gasteiger partial charge in [-0.05, 0) is 84.8 Å². The largest absolute Gasteiger partial charge is 0.457 e. The van der Waals surface area contributed by atoms with Gasteiger partial charge in [0.1, 0.15) is 5.78 Å². The fraction of sp³-hybridized carbons (Fsp3) is 0.633. The highest BCUT2D eigenvalue weighted by molar-refractivity contribution is 5.89. The topological polar surface area (TPSA) is 204 Å². The number of nitrogens with zero attached hydrogens (tertiary/aromatic N) is 3. The summed E-state index contributed by atoms with van der Waals surface area (Å²) in [4.78, 5) is 60.2. The number of hydrogen-bond donors (Lipinski definition) is 4. The van der Waals surface area contributed by atoms with E-state index in [-0.39, 0.29) is 24.3 Å². The molecule has 17 heteroatoms. The lowest BCUT2D eigenvalue weighted by atomic mass is 9.75. The Hall–Kier alpha value is -4.78. The Balaban J connectivity index is 1.14. The molecule has 1 spiro atoms. The number of nitrogens with one attached hydrogen (secondary N) is 2. The van der Waals surface area contributed by atoms with Crippen LogP contribution in [0.3, 0.4) is 0 Å². The minimum Gasteiger partial charge on any atom is -0.457 e. The molecule has 362 valence electrons. The number of nitrogen functional groups attached to an aromatic ring is 1. The van der Waals surface area contributed by atoms with E-state index < -0.39 is 95.6 Å². The van der Waals surface area contributed by atoms with Gasteiger partial charge in [-0.15, -0.1) is 5.53 Å². The highest BCUT2D eigenvalue weighted by atomic mass is 16.7. The lowest BCUT2D eigenvalue weighted by molar-refractivity contribution is -0.300. The third-order valence-electron chi connectivity index (χ3n) is 14.8. The van der Waals surface area contributed by atoms with Gasteiger partial charge in [0.25, 0.3) is 0 Å². The van der Waals surface area contributed by atoms with Crippen molar-refractivity contribution in [3.63, 3.8) is 0 Å². The van der Waals surface area contributed by atoms with Crippen LogP contribution in [-0.4, -0.2) is 138 Å². The molecule has 5 aliphatic rings. The van der Waals surface area contributed by atoms with E-state index in [0.29, 0.717) is 43.6 Å². The van der Waals surface area contributed by atoms with Crippen molar-refractivity contribution in [3.8, 4) is 0 Å². The van der Waals surface area contributed by atoms with Crippen molar-refractivity contribution in [3.05, 3.63) is 71.9 Å². The van der Waals surface area contributed by atoms with Gasteiger partial charge < -0.3 is 54.5 Å². The SMILES string of the molecule is CO[C@@]1(C)C[C@@H](C)C(=O)[C@H](C)C2N(CCCCN3C=C(c4cccc(N)c4)NN3)C(=O)O[C@@]23C(C)C3OC(=O)[C@H](C)[C@@H](O)[C@H](C)[C@H]1OC1O[C@H](C)C[C@H](N(C)C)[C@H]1OC(=O)c1ccccc1. The number of benzene rings is 2. The number of nitrogens with two attached hydrogens (primary N) is 1. The third-order valence-corrected chi connectivity index (χ3v) is 14.8. The summed E-state index contributed by atoms with van der Waals surface area (Å²) < 4.78 is 38.4. The summed E-state index contributed by atoms with van der Waals surface area (Å²) in [6, 6.07) is 15.2. The summed E-state index contributed by atoms with van der Waals surface area (Å²) in [5, 5.41) is 14.1. The first-order valence-electron chi connectivity index (χ1n) is 23.4.